The maximum Gasteiger partial charge on any atom is 0.459 e. The Labute approximate surface area is 213 Å². The number of aromatic nitrogens is 2. The molecule has 2 heterocycles. The second kappa shape index (κ2) is 10.9. The van der Waals surface area contributed by atoms with Crippen LogP contribution in [-0.2, 0) is 23.4 Å². The van der Waals surface area contributed by atoms with Crippen molar-refractivity contribution in [1.29, 1.82) is 0 Å². The Kier molecular flexibility index (Phi) is 8.05. The van der Waals surface area contributed by atoms with Gasteiger partial charge in [-0.2, -0.15) is 5.09 Å². The van der Waals surface area contributed by atoms with Crippen LogP contribution in [0.25, 0.3) is 0 Å². The van der Waals surface area contributed by atoms with E-state index in [0.717, 1.165) is 0 Å². The fourth-order valence-electron chi connectivity index (χ4n) is 4.21. The first-order chi connectivity index (χ1) is 17.5. The lowest BCUT2D eigenvalue weighted by Gasteiger charge is -2.25. The highest BCUT2D eigenvalue weighted by atomic mass is 31.2. The molecular formula is C24H32N3O9P. The minimum absolute atomic E-state index is 0.124. The molecule has 1 aromatic heterocycles. The molecule has 0 amide bonds. The Morgan fingerprint density at radius 1 is 1.24 bits per heavy atom. The number of para-hydroxylation sites is 1. The predicted molar refractivity (Wildman–Crippen MR) is 132 cm³/mol. The molecule has 12 nitrogen and oxygen atoms in total. The number of ether oxygens (including phenoxy) is 2. The van der Waals surface area contributed by atoms with Crippen molar-refractivity contribution in [2.75, 3.05) is 13.2 Å². The van der Waals surface area contributed by atoms with Gasteiger partial charge < -0.3 is 19.1 Å². The normalized spacial score (nSPS) is 24.5. The van der Waals surface area contributed by atoms with Gasteiger partial charge in [-0.25, -0.2) is 9.36 Å². The molecule has 1 aliphatic heterocycles. The molecule has 1 saturated carbocycles. The highest BCUT2D eigenvalue weighted by molar-refractivity contribution is 7.52. The third-order valence-electron chi connectivity index (χ3n) is 6.31. The molecule has 2 fully saturated rings. The van der Waals surface area contributed by atoms with Gasteiger partial charge in [0.2, 0.25) is 0 Å². The van der Waals surface area contributed by atoms with Gasteiger partial charge in [0.05, 0.1) is 19.3 Å². The van der Waals surface area contributed by atoms with E-state index in [2.05, 4.69) is 10.1 Å². The molecule has 2 aromatic rings. The molecule has 0 radical (unpaired) electrons. The zero-order valence-electron chi connectivity index (χ0n) is 20.9. The number of nitrogens with one attached hydrogen (secondary N) is 2. The summed E-state index contributed by atoms with van der Waals surface area (Å²) >= 11 is 0. The lowest BCUT2D eigenvalue weighted by Crippen LogP contribution is -2.37. The van der Waals surface area contributed by atoms with Gasteiger partial charge >= 0.3 is 19.4 Å². The first-order valence-electron chi connectivity index (χ1n) is 12.1. The molecule has 13 heteroatoms. The largest absolute Gasteiger partial charge is 0.464 e. The number of hydrogen-bond donors (Lipinski definition) is 3. The third-order valence-corrected chi connectivity index (χ3v) is 7.95. The van der Waals surface area contributed by atoms with Crippen molar-refractivity contribution < 1.29 is 33.0 Å². The summed E-state index contributed by atoms with van der Waals surface area (Å²) in [6, 6.07) is 8.47. The number of nitrogens with zero attached hydrogens (tertiary/aromatic N) is 1. The lowest BCUT2D eigenvalue weighted by atomic mass is 9.96. The Morgan fingerprint density at radius 2 is 1.95 bits per heavy atom. The van der Waals surface area contributed by atoms with Gasteiger partial charge in [-0.15, -0.1) is 0 Å². The fraction of sp³-hybridized carbons (Fsp3) is 0.542. The highest BCUT2D eigenvalue weighted by Gasteiger charge is 2.64. The quantitative estimate of drug-likeness (QED) is 0.286. The van der Waals surface area contributed by atoms with Crippen LogP contribution in [0.2, 0.25) is 0 Å². The van der Waals surface area contributed by atoms with Crippen LogP contribution in [0, 0.1) is 11.3 Å². The van der Waals surface area contributed by atoms with Gasteiger partial charge in [-0.05, 0) is 37.8 Å². The number of carbonyl (C=O) groups excluding carboxylic acids is 1. The number of carbonyl (C=O) groups is 1. The minimum atomic E-state index is -4.16. The maximum atomic E-state index is 13.7. The van der Waals surface area contributed by atoms with Crippen LogP contribution >= 0.6 is 7.75 Å². The van der Waals surface area contributed by atoms with Crippen molar-refractivity contribution in [3.8, 4) is 5.75 Å². The number of rotatable bonds is 11. The molecule has 1 saturated heterocycles. The third kappa shape index (κ3) is 6.22. The lowest BCUT2D eigenvalue weighted by molar-refractivity contribution is -0.146. The molecule has 1 spiro atoms. The minimum Gasteiger partial charge on any atom is -0.464 e. The standard InChI is InChI=1S/C24H32N3O9P/c1-15(2)13-33-21(30)16(3)26-37(32,36-17-7-5-4-6-8-17)34-14-18-20(29)24(10-11-24)22(35-18)27-12-9-19(28)25-23(27)31/h4-9,12,15-16,18,20,22,29H,10-11,13-14H2,1-3H3,(H,26,32)(H,25,28,31)/t16-,18+,20+,22+,37?/m0/s1. The summed E-state index contributed by atoms with van der Waals surface area (Å²) in [6.45, 7) is 5.11. The zero-order valence-corrected chi connectivity index (χ0v) is 21.8. The number of aliphatic hydroxyl groups is 1. The summed E-state index contributed by atoms with van der Waals surface area (Å²) in [4.78, 5) is 38.4. The maximum absolute atomic E-state index is 13.7. The fourth-order valence-corrected chi connectivity index (χ4v) is 5.71. The van der Waals surface area contributed by atoms with Crippen LogP contribution in [0.4, 0.5) is 0 Å². The average molecular weight is 538 g/mol. The molecule has 2 aliphatic rings. The Hall–Kier alpha value is -2.76. The molecular weight excluding hydrogens is 505 g/mol. The highest BCUT2D eigenvalue weighted by Crippen LogP contribution is 2.62. The monoisotopic (exact) mass is 537 g/mol. The van der Waals surface area contributed by atoms with Gasteiger partial charge in [0, 0.05) is 17.7 Å². The summed E-state index contributed by atoms with van der Waals surface area (Å²) in [5.41, 5.74) is -1.94. The van der Waals surface area contributed by atoms with E-state index in [1.165, 1.54) is 23.8 Å². The van der Waals surface area contributed by atoms with Crippen LogP contribution in [0.3, 0.4) is 0 Å². The summed E-state index contributed by atoms with van der Waals surface area (Å²) < 4.78 is 37.5. The number of benzene rings is 1. The summed E-state index contributed by atoms with van der Waals surface area (Å²) in [5, 5.41) is 13.6. The topological polar surface area (TPSA) is 158 Å². The van der Waals surface area contributed by atoms with Crippen molar-refractivity contribution in [2.45, 2.75) is 58.1 Å². The van der Waals surface area contributed by atoms with Crippen LogP contribution < -0.4 is 20.9 Å². The number of hydrogen-bond acceptors (Lipinski definition) is 9. The first kappa shape index (κ1) is 27.3. The zero-order chi connectivity index (χ0) is 26.8. The molecule has 0 bridgehead atoms. The van der Waals surface area contributed by atoms with Gasteiger partial charge in [-0.1, -0.05) is 32.0 Å². The van der Waals surface area contributed by atoms with E-state index in [-0.39, 0.29) is 24.9 Å². The van der Waals surface area contributed by atoms with Gasteiger partial charge in [-0.3, -0.25) is 23.7 Å². The summed E-state index contributed by atoms with van der Waals surface area (Å²) in [5.74, 6) is -0.260. The van der Waals surface area contributed by atoms with Crippen molar-refractivity contribution in [3.05, 3.63) is 63.4 Å². The molecule has 1 unspecified atom stereocenters. The Bertz CT molecular complexity index is 1260. The van der Waals surface area contributed by atoms with E-state index in [4.69, 9.17) is 18.5 Å². The molecule has 1 aromatic carbocycles. The number of aliphatic hydroxyl groups excluding tert-OH is 1. The molecule has 3 N–H and O–H groups in total. The molecule has 1 aliphatic carbocycles. The number of H-pyrrole nitrogens is 1. The second-order valence-corrected chi connectivity index (χ2v) is 11.5. The van der Waals surface area contributed by atoms with E-state index in [0.29, 0.717) is 12.8 Å². The van der Waals surface area contributed by atoms with Crippen LogP contribution in [0.1, 0.15) is 39.8 Å². The van der Waals surface area contributed by atoms with Gasteiger partial charge in [0.25, 0.3) is 5.56 Å². The smallest absolute Gasteiger partial charge is 0.459 e. The van der Waals surface area contributed by atoms with Crippen LogP contribution in [-0.4, -0.2) is 52.1 Å². The van der Waals surface area contributed by atoms with Crippen molar-refractivity contribution in [1.82, 2.24) is 14.6 Å². The molecule has 37 heavy (non-hydrogen) atoms. The van der Waals surface area contributed by atoms with E-state index in [1.54, 1.807) is 30.3 Å². The van der Waals surface area contributed by atoms with Crippen LogP contribution in [0.15, 0.2) is 52.2 Å². The number of aromatic amines is 1. The van der Waals surface area contributed by atoms with Crippen molar-refractivity contribution in [2.24, 2.45) is 11.3 Å². The predicted octanol–water partition coefficient (Wildman–Crippen LogP) is 1.96. The first-order valence-corrected chi connectivity index (χ1v) is 13.7. The van der Waals surface area contributed by atoms with Gasteiger partial charge in [0.15, 0.2) is 0 Å². The van der Waals surface area contributed by atoms with E-state index < -0.39 is 54.9 Å². The van der Waals surface area contributed by atoms with E-state index >= 15 is 0 Å². The Balaban J connectivity index is 1.49. The Morgan fingerprint density at radius 3 is 2.57 bits per heavy atom. The SMILES string of the molecule is CC(C)COC(=O)[C@H](C)NP(=O)(OC[C@H]1O[C@@H](n2ccc(=O)[nH]c2=O)C2(CC2)[C@@H]1O)Oc1ccccc1. The molecule has 202 valence electrons. The number of esters is 1. The van der Waals surface area contributed by atoms with Crippen molar-refractivity contribution >= 4 is 13.7 Å². The molecule has 5 atom stereocenters. The average Bonchev–Trinajstić information content (AvgIpc) is 3.60. The second-order valence-electron chi connectivity index (χ2n) is 9.79. The van der Waals surface area contributed by atoms with Crippen molar-refractivity contribution in [3.63, 3.8) is 0 Å². The summed E-state index contributed by atoms with van der Waals surface area (Å²) in [7, 11) is -4.16. The van der Waals surface area contributed by atoms with E-state index in [1.807, 2.05) is 13.8 Å². The van der Waals surface area contributed by atoms with E-state index in [9.17, 15) is 24.1 Å². The van der Waals surface area contributed by atoms with Gasteiger partial charge in [0.1, 0.15) is 24.1 Å². The van der Waals surface area contributed by atoms with Crippen LogP contribution in [0.5, 0.6) is 5.75 Å². The summed E-state index contributed by atoms with van der Waals surface area (Å²) in [6.07, 6.45) is -0.324. The molecule has 4 rings (SSSR count).